The van der Waals surface area contributed by atoms with Gasteiger partial charge >= 0.3 is 0 Å². The second kappa shape index (κ2) is 9.09. The van der Waals surface area contributed by atoms with Gasteiger partial charge in [-0.2, -0.15) is 9.29 Å². The van der Waals surface area contributed by atoms with Crippen molar-refractivity contribution in [3.63, 3.8) is 0 Å². The summed E-state index contributed by atoms with van der Waals surface area (Å²) in [6.45, 7) is 2.41. The molecule has 1 aliphatic rings. The molecule has 1 fully saturated rings. The molecule has 0 aliphatic carbocycles. The van der Waals surface area contributed by atoms with E-state index in [0.717, 1.165) is 6.42 Å². The summed E-state index contributed by atoms with van der Waals surface area (Å²) in [6.07, 6.45) is 1.45. The summed E-state index contributed by atoms with van der Waals surface area (Å²) in [5.41, 5.74) is 1.26. The number of hydrogen-bond acceptors (Lipinski definition) is 7. The third-order valence-electron chi connectivity index (χ3n) is 5.65. The molecule has 8 nitrogen and oxygen atoms in total. The van der Waals surface area contributed by atoms with E-state index in [0.29, 0.717) is 52.3 Å². The number of aromatic nitrogens is 2. The van der Waals surface area contributed by atoms with Gasteiger partial charge in [0, 0.05) is 23.7 Å². The molecule has 0 spiro atoms. The molecule has 170 valence electrons. The molecule has 0 unspecified atom stereocenters. The molecule has 0 radical (unpaired) electrons. The zero-order chi connectivity index (χ0) is 22.9. The van der Waals surface area contributed by atoms with Gasteiger partial charge in [-0.15, -0.1) is 0 Å². The van der Waals surface area contributed by atoms with Gasteiger partial charge in [-0.3, -0.25) is 0 Å². The Hall–Kier alpha value is -2.62. The predicted octanol–water partition coefficient (Wildman–Crippen LogP) is 4.28. The fraction of sp³-hybridized carbons (Fsp3) is 0.364. The minimum atomic E-state index is -3.69. The number of halogens is 1. The summed E-state index contributed by atoms with van der Waals surface area (Å²) < 4.78 is 44.1. The van der Waals surface area contributed by atoms with Crippen LogP contribution in [0.25, 0.3) is 11.4 Å². The highest BCUT2D eigenvalue weighted by molar-refractivity contribution is 7.89. The monoisotopic (exact) mass is 477 g/mol. The summed E-state index contributed by atoms with van der Waals surface area (Å²) in [5, 5.41) is 4.52. The van der Waals surface area contributed by atoms with Crippen molar-refractivity contribution in [2.75, 3.05) is 27.3 Å². The van der Waals surface area contributed by atoms with E-state index in [4.69, 9.17) is 25.6 Å². The Bertz CT molecular complexity index is 1230. The average Bonchev–Trinajstić information content (AvgIpc) is 3.30. The normalized spacial score (nSPS) is 17.3. The van der Waals surface area contributed by atoms with Gasteiger partial charge in [-0.1, -0.05) is 22.8 Å². The van der Waals surface area contributed by atoms with Crippen molar-refractivity contribution in [1.29, 1.82) is 0 Å². The zero-order valence-corrected chi connectivity index (χ0v) is 19.6. The number of methoxy groups -OCH3 is 2. The quantitative estimate of drug-likeness (QED) is 0.522. The Balaban J connectivity index is 1.57. The van der Waals surface area contributed by atoms with Crippen LogP contribution in [0.1, 0.15) is 30.2 Å². The lowest BCUT2D eigenvalue weighted by atomic mass is 10.00. The van der Waals surface area contributed by atoms with Crippen LogP contribution in [0.4, 0.5) is 0 Å². The van der Waals surface area contributed by atoms with E-state index in [9.17, 15) is 8.42 Å². The van der Waals surface area contributed by atoms with Crippen molar-refractivity contribution in [3.8, 4) is 22.9 Å². The second-order valence-corrected chi connectivity index (χ2v) is 9.90. The van der Waals surface area contributed by atoms with Crippen LogP contribution in [-0.2, 0) is 10.0 Å². The Morgan fingerprint density at radius 1 is 1.16 bits per heavy atom. The number of ether oxygens (including phenoxy) is 2. The van der Waals surface area contributed by atoms with E-state index in [2.05, 4.69) is 10.1 Å². The first kappa shape index (κ1) is 22.6. The van der Waals surface area contributed by atoms with Crippen molar-refractivity contribution in [2.45, 2.75) is 30.6 Å². The molecular formula is C22H24ClN3O5S. The topological polar surface area (TPSA) is 94.8 Å². The van der Waals surface area contributed by atoms with Crippen LogP contribution in [0.5, 0.6) is 11.5 Å². The summed E-state index contributed by atoms with van der Waals surface area (Å²) in [5.74, 6) is 1.79. The van der Waals surface area contributed by atoms with E-state index < -0.39 is 10.0 Å². The van der Waals surface area contributed by atoms with Gasteiger partial charge in [0.05, 0.1) is 25.0 Å². The molecule has 1 aromatic heterocycles. The molecule has 0 bridgehead atoms. The highest BCUT2D eigenvalue weighted by Gasteiger charge is 2.34. The van der Waals surface area contributed by atoms with Crippen molar-refractivity contribution < 1.29 is 22.4 Å². The largest absolute Gasteiger partial charge is 0.493 e. The highest BCUT2D eigenvalue weighted by Crippen LogP contribution is 2.34. The van der Waals surface area contributed by atoms with Gasteiger partial charge in [0.1, 0.15) is 0 Å². The lowest BCUT2D eigenvalue weighted by Crippen LogP contribution is -2.39. The maximum atomic E-state index is 13.3. The molecular weight excluding hydrogens is 454 g/mol. The van der Waals surface area contributed by atoms with Crippen LogP contribution in [0.2, 0.25) is 5.02 Å². The Labute approximate surface area is 192 Å². The minimum Gasteiger partial charge on any atom is -0.493 e. The SMILES string of the molecule is COc1ccc(-c2noc([C@@H]3CCCN(S(=O)(=O)c4cccc(Cl)c4C)C3)n2)cc1OC. The Morgan fingerprint density at radius 2 is 1.94 bits per heavy atom. The van der Waals surface area contributed by atoms with Crippen LogP contribution >= 0.6 is 11.6 Å². The van der Waals surface area contributed by atoms with Crippen molar-refractivity contribution in [3.05, 3.63) is 52.9 Å². The first-order valence-electron chi connectivity index (χ1n) is 10.2. The standard InChI is InChI=1S/C22H24ClN3O5S/c1-14-17(23)7-4-8-20(14)32(27,28)26-11-5-6-16(13-26)22-24-21(25-31-22)15-9-10-18(29-2)19(12-15)30-3/h4,7-10,12,16H,5-6,11,13H2,1-3H3/t16-/m1/s1. The highest BCUT2D eigenvalue weighted by atomic mass is 35.5. The van der Waals surface area contributed by atoms with Crippen LogP contribution in [0.15, 0.2) is 45.8 Å². The molecule has 10 heteroatoms. The number of piperidine rings is 1. The summed E-state index contributed by atoms with van der Waals surface area (Å²) in [7, 11) is -0.565. The fourth-order valence-electron chi connectivity index (χ4n) is 3.86. The molecule has 2 heterocycles. The van der Waals surface area contributed by atoms with Gasteiger partial charge in [0.15, 0.2) is 11.5 Å². The van der Waals surface area contributed by atoms with E-state index >= 15 is 0 Å². The molecule has 4 rings (SSSR count). The van der Waals surface area contributed by atoms with Crippen molar-refractivity contribution in [2.24, 2.45) is 0 Å². The van der Waals surface area contributed by atoms with Gasteiger partial charge in [-0.25, -0.2) is 8.42 Å². The van der Waals surface area contributed by atoms with E-state index in [1.165, 1.54) is 4.31 Å². The predicted molar refractivity (Wildman–Crippen MR) is 120 cm³/mol. The Morgan fingerprint density at radius 3 is 2.69 bits per heavy atom. The van der Waals surface area contributed by atoms with Crippen LogP contribution in [0.3, 0.4) is 0 Å². The lowest BCUT2D eigenvalue weighted by Gasteiger charge is -2.30. The fourth-order valence-corrected chi connectivity index (χ4v) is 5.86. The third-order valence-corrected chi connectivity index (χ3v) is 8.07. The molecule has 1 saturated heterocycles. The first-order chi connectivity index (χ1) is 15.3. The molecule has 0 amide bonds. The van der Waals surface area contributed by atoms with Gasteiger partial charge in [0.2, 0.25) is 21.7 Å². The van der Waals surface area contributed by atoms with Gasteiger partial charge < -0.3 is 14.0 Å². The average molecular weight is 478 g/mol. The first-order valence-corrected chi connectivity index (χ1v) is 12.0. The molecule has 1 atom stereocenters. The molecule has 0 saturated carbocycles. The van der Waals surface area contributed by atoms with Gasteiger partial charge in [0.25, 0.3) is 0 Å². The maximum absolute atomic E-state index is 13.3. The zero-order valence-electron chi connectivity index (χ0n) is 18.0. The molecule has 1 aliphatic heterocycles. The number of sulfonamides is 1. The maximum Gasteiger partial charge on any atom is 0.243 e. The van der Waals surface area contributed by atoms with Gasteiger partial charge in [-0.05, 0) is 55.7 Å². The summed E-state index contributed by atoms with van der Waals surface area (Å²) >= 11 is 6.15. The minimum absolute atomic E-state index is 0.195. The van der Waals surface area contributed by atoms with E-state index in [-0.39, 0.29) is 17.4 Å². The van der Waals surface area contributed by atoms with Crippen LogP contribution in [-0.4, -0.2) is 50.2 Å². The second-order valence-electron chi connectivity index (χ2n) is 7.59. The molecule has 2 aromatic carbocycles. The number of nitrogens with zero attached hydrogens (tertiary/aromatic N) is 3. The molecule has 32 heavy (non-hydrogen) atoms. The van der Waals surface area contributed by atoms with Crippen LogP contribution < -0.4 is 9.47 Å². The number of benzene rings is 2. The van der Waals surface area contributed by atoms with Crippen molar-refractivity contribution >= 4 is 21.6 Å². The lowest BCUT2D eigenvalue weighted by molar-refractivity contribution is 0.265. The smallest absolute Gasteiger partial charge is 0.243 e. The summed E-state index contributed by atoms with van der Waals surface area (Å²) in [6, 6.07) is 10.3. The van der Waals surface area contributed by atoms with Crippen LogP contribution in [0, 0.1) is 6.92 Å². The third kappa shape index (κ3) is 4.20. The summed E-state index contributed by atoms with van der Waals surface area (Å²) in [4.78, 5) is 4.76. The molecule has 0 N–H and O–H groups in total. The molecule has 3 aromatic rings. The number of rotatable bonds is 6. The van der Waals surface area contributed by atoms with Crippen molar-refractivity contribution in [1.82, 2.24) is 14.4 Å². The van der Waals surface area contributed by atoms with E-state index in [1.54, 1.807) is 51.5 Å². The number of hydrogen-bond donors (Lipinski definition) is 0. The Kier molecular flexibility index (Phi) is 6.41. The van der Waals surface area contributed by atoms with E-state index in [1.807, 2.05) is 6.07 Å².